The largest absolute Gasteiger partial charge is 0.459 e. The number of nitrogens with zero attached hydrogens (tertiary/aromatic N) is 3. The molecular weight excluding hydrogens is 364 g/mol. The van der Waals surface area contributed by atoms with Crippen LogP contribution in [0, 0.1) is 12.8 Å². The second-order valence-electron chi connectivity index (χ2n) is 8.66. The summed E-state index contributed by atoms with van der Waals surface area (Å²) in [6, 6.07) is -0.159. The lowest BCUT2D eigenvalue weighted by Crippen LogP contribution is -2.52. The zero-order chi connectivity index (χ0) is 19.8. The molecule has 0 aromatic carbocycles. The van der Waals surface area contributed by atoms with E-state index in [9.17, 15) is 4.79 Å². The Labute approximate surface area is 163 Å². The van der Waals surface area contributed by atoms with Gasteiger partial charge in [-0.3, -0.25) is 10.1 Å². The van der Waals surface area contributed by atoms with Gasteiger partial charge in [0.2, 0.25) is 5.89 Å². The topological polar surface area (TPSA) is 90.1 Å². The van der Waals surface area contributed by atoms with Gasteiger partial charge < -0.3 is 9.26 Å². The zero-order valence-electron chi connectivity index (χ0n) is 16.8. The summed E-state index contributed by atoms with van der Waals surface area (Å²) in [5.74, 6) is 1.09. The first kappa shape index (κ1) is 19.9. The van der Waals surface area contributed by atoms with Crippen molar-refractivity contribution in [2.24, 2.45) is 5.92 Å². The molecule has 3 heterocycles. The van der Waals surface area contributed by atoms with Gasteiger partial charge in [-0.25, -0.2) is 4.98 Å². The van der Waals surface area contributed by atoms with Crippen LogP contribution in [0.4, 0.5) is 0 Å². The second-order valence-corrected chi connectivity index (χ2v) is 9.58. The maximum atomic E-state index is 13.2. The molecule has 2 aromatic heterocycles. The van der Waals surface area contributed by atoms with E-state index in [0.29, 0.717) is 30.5 Å². The third kappa shape index (κ3) is 4.38. The number of hydrogen-bond acceptors (Lipinski definition) is 8. The van der Waals surface area contributed by atoms with Crippen LogP contribution in [-0.2, 0) is 9.53 Å². The number of aromatic nitrogens is 3. The molecule has 8 heteroatoms. The predicted octanol–water partition coefficient (Wildman–Crippen LogP) is 3.78. The summed E-state index contributed by atoms with van der Waals surface area (Å²) in [6.07, 6.45) is 2.98. The second kappa shape index (κ2) is 7.31. The first-order chi connectivity index (χ1) is 12.6. The lowest BCUT2D eigenvalue weighted by molar-refractivity contribution is -0.163. The van der Waals surface area contributed by atoms with Crippen molar-refractivity contribution in [3.8, 4) is 0 Å². The number of aryl methyl sites for hydroxylation is 1. The van der Waals surface area contributed by atoms with Crippen LogP contribution in [0.15, 0.2) is 16.1 Å². The summed E-state index contributed by atoms with van der Waals surface area (Å²) in [6.45, 7) is 11.7. The fourth-order valence-electron chi connectivity index (χ4n) is 3.72. The molecule has 3 rings (SSSR count). The molecule has 1 saturated heterocycles. The Kier molecular flexibility index (Phi) is 5.40. The molecule has 0 saturated carbocycles. The van der Waals surface area contributed by atoms with E-state index in [2.05, 4.69) is 34.3 Å². The number of carbonyl (C=O) groups is 1. The highest BCUT2D eigenvalue weighted by Crippen LogP contribution is 2.47. The van der Waals surface area contributed by atoms with E-state index >= 15 is 0 Å². The molecule has 1 N–H and O–H groups in total. The third-order valence-corrected chi connectivity index (χ3v) is 5.40. The summed E-state index contributed by atoms with van der Waals surface area (Å²) in [5.41, 5.74) is -1.36. The normalized spacial score (nSPS) is 25.9. The number of carbonyl (C=O) groups excluding carboxylic acids is 1. The number of thiazole rings is 1. The number of esters is 1. The molecule has 1 aliphatic heterocycles. The fraction of sp³-hybridized carbons (Fsp3) is 0.684. The molecule has 2 aromatic rings. The highest BCUT2D eigenvalue weighted by molar-refractivity contribution is 7.09. The minimum atomic E-state index is -0.809. The molecule has 1 aliphatic rings. The average Bonchev–Trinajstić information content (AvgIpc) is 3.23. The van der Waals surface area contributed by atoms with Gasteiger partial charge in [-0.1, -0.05) is 19.0 Å². The van der Waals surface area contributed by atoms with E-state index in [0.717, 1.165) is 5.01 Å². The van der Waals surface area contributed by atoms with Crippen LogP contribution in [0.25, 0.3) is 0 Å². The molecule has 7 nitrogen and oxygen atoms in total. The predicted molar refractivity (Wildman–Crippen MR) is 102 cm³/mol. The van der Waals surface area contributed by atoms with Crippen molar-refractivity contribution < 1.29 is 14.1 Å². The van der Waals surface area contributed by atoms with Crippen LogP contribution >= 0.6 is 11.3 Å². The van der Waals surface area contributed by atoms with E-state index in [-0.39, 0.29) is 17.9 Å². The SMILES string of the molecule is Cc1nc([C@H]2C[C@@](CC(C)C)(C(=O)OC(C)(C)C)N[C@H]2c2nccs2)no1. The molecule has 0 radical (unpaired) electrons. The molecule has 148 valence electrons. The van der Waals surface area contributed by atoms with Gasteiger partial charge in [-0.15, -0.1) is 11.3 Å². The van der Waals surface area contributed by atoms with Crippen molar-refractivity contribution in [2.75, 3.05) is 0 Å². The molecule has 1 fully saturated rings. The van der Waals surface area contributed by atoms with Crippen molar-refractivity contribution in [1.82, 2.24) is 20.4 Å². The van der Waals surface area contributed by atoms with E-state index in [4.69, 9.17) is 9.26 Å². The minimum absolute atomic E-state index is 0.111. The van der Waals surface area contributed by atoms with Gasteiger partial charge in [0.05, 0.1) is 6.04 Å². The van der Waals surface area contributed by atoms with E-state index in [1.807, 2.05) is 26.2 Å². The molecule has 0 spiro atoms. The van der Waals surface area contributed by atoms with Crippen LogP contribution in [0.1, 0.15) is 76.1 Å². The van der Waals surface area contributed by atoms with Crippen molar-refractivity contribution >= 4 is 17.3 Å². The number of ether oxygens (including phenoxy) is 1. The van der Waals surface area contributed by atoms with Gasteiger partial charge in [-0.05, 0) is 39.5 Å². The molecule has 27 heavy (non-hydrogen) atoms. The molecule has 0 bridgehead atoms. The summed E-state index contributed by atoms with van der Waals surface area (Å²) < 4.78 is 11.0. The molecule has 3 atom stereocenters. The average molecular weight is 393 g/mol. The fourth-order valence-corrected chi connectivity index (χ4v) is 4.47. The maximum absolute atomic E-state index is 13.2. The first-order valence-electron chi connectivity index (χ1n) is 9.30. The van der Waals surface area contributed by atoms with E-state index in [1.54, 1.807) is 24.5 Å². The molecule has 0 aliphatic carbocycles. The van der Waals surface area contributed by atoms with Gasteiger partial charge in [0, 0.05) is 24.4 Å². The van der Waals surface area contributed by atoms with Crippen LogP contribution in [0.5, 0.6) is 0 Å². The smallest absolute Gasteiger partial charge is 0.326 e. The van der Waals surface area contributed by atoms with Crippen molar-refractivity contribution in [3.63, 3.8) is 0 Å². The Bertz CT molecular complexity index is 781. The molecule has 0 amide bonds. The summed E-state index contributed by atoms with van der Waals surface area (Å²) in [5, 5.41) is 10.6. The standard InChI is InChI=1S/C19H28N4O3S/c1-11(2)9-19(17(24)25-18(4,5)6)10-13(15-21-12(3)26-23-15)14(22-19)16-20-7-8-27-16/h7-8,11,13-14,22H,9-10H2,1-6H3/t13-,14+,19-/m0/s1. The van der Waals surface area contributed by atoms with Gasteiger partial charge >= 0.3 is 5.97 Å². The first-order valence-corrected chi connectivity index (χ1v) is 10.2. The molecular formula is C19H28N4O3S. The monoisotopic (exact) mass is 392 g/mol. The van der Waals surface area contributed by atoms with Crippen molar-refractivity contribution in [1.29, 1.82) is 0 Å². The molecule has 0 unspecified atom stereocenters. The summed E-state index contributed by atoms with van der Waals surface area (Å²) in [7, 11) is 0. The van der Waals surface area contributed by atoms with Crippen LogP contribution in [0.2, 0.25) is 0 Å². The lowest BCUT2D eigenvalue weighted by atomic mass is 9.84. The van der Waals surface area contributed by atoms with Crippen molar-refractivity contribution in [2.45, 2.75) is 77.5 Å². The van der Waals surface area contributed by atoms with Gasteiger partial charge in [0.15, 0.2) is 5.82 Å². The summed E-state index contributed by atoms with van der Waals surface area (Å²) in [4.78, 5) is 22.2. The van der Waals surface area contributed by atoms with Gasteiger partial charge in [0.1, 0.15) is 16.1 Å². The van der Waals surface area contributed by atoms with Gasteiger partial charge in [-0.2, -0.15) is 4.98 Å². The Balaban J connectivity index is 2.00. The third-order valence-electron chi connectivity index (χ3n) is 4.54. The van der Waals surface area contributed by atoms with Gasteiger partial charge in [0.25, 0.3) is 0 Å². The minimum Gasteiger partial charge on any atom is -0.459 e. The Morgan fingerprint density at radius 3 is 2.74 bits per heavy atom. The Morgan fingerprint density at radius 2 is 2.22 bits per heavy atom. The Morgan fingerprint density at radius 1 is 1.48 bits per heavy atom. The van der Waals surface area contributed by atoms with E-state index < -0.39 is 11.1 Å². The number of rotatable bonds is 5. The highest BCUT2D eigenvalue weighted by Gasteiger charge is 2.54. The van der Waals surface area contributed by atoms with Crippen LogP contribution in [-0.4, -0.2) is 32.2 Å². The lowest BCUT2D eigenvalue weighted by Gasteiger charge is -2.33. The van der Waals surface area contributed by atoms with Crippen molar-refractivity contribution in [3.05, 3.63) is 28.3 Å². The number of nitrogens with one attached hydrogen (secondary N) is 1. The van der Waals surface area contributed by atoms with E-state index in [1.165, 1.54) is 0 Å². The zero-order valence-corrected chi connectivity index (χ0v) is 17.6. The quantitative estimate of drug-likeness (QED) is 0.774. The Hall–Kier alpha value is -1.80. The van der Waals surface area contributed by atoms with Crippen LogP contribution < -0.4 is 5.32 Å². The summed E-state index contributed by atoms with van der Waals surface area (Å²) >= 11 is 1.56. The van der Waals surface area contributed by atoms with Crippen LogP contribution in [0.3, 0.4) is 0 Å². The highest BCUT2D eigenvalue weighted by atomic mass is 32.1. The number of hydrogen-bond donors (Lipinski definition) is 1. The maximum Gasteiger partial charge on any atom is 0.326 e.